The van der Waals surface area contributed by atoms with Crippen LogP contribution in [0.1, 0.15) is 86.5 Å². The molecule has 5 rings (SSSR count). The molecule has 0 aromatic heterocycles. The predicted molar refractivity (Wildman–Crippen MR) is 137 cm³/mol. The maximum atomic E-state index is 14.2. The number of fused-ring (bicyclic) bond motifs is 7. The third-order valence-corrected chi connectivity index (χ3v) is 12.3. The molecule has 3 fully saturated rings. The summed E-state index contributed by atoms with van der Waals surface area (Å²) < 4.78 is 0. The largest absolute Gasteiger partial charge is 0.295 e. The standard InChI is InChI=1S/C30H41N3O3/c1-26(2)21-8-10-29(5)22(28(21,4)15-18(16-31)24(26)35)14-20(34)23-19-13-17(25(36)33-32)7-9-27(19,3)11-12-30(23,29)6/h14-15,17,19,21,23H,7-13,32H2,1-6H3,(H,33,36)/t17-,19-,21-,23?,27+,28-,29+,30+/m0/s1. The summed E-state index contributed by atoms with van der Waals surface area (Å²) in [5.74, 6) is 5.35. The third-order valence-electron chi connectivity index (χ3n) is 12.3. The highest BCUT2D eigenvalue weighted by molar-refractivity contribution is 6.04. The van der Waals surface area contributed by atoms with Crippen LogP contribution in [-0.2, 0) is 14.4 Å². The molecular formula is C30H41N3O3. The second-order valence-corrected chi connectivity index (χ2v) is 14.0. The molecule has 5 aliphatic carbocycles. The van der Waals surface area contributed by atoms with Crippen LogP contribution in [-0.4, -0.2) is 17.5 Å². The number of nitriles is 1. The molecule has 5 aliphatic rings. The van der Waals surface area contributed by atoms with Gasteiger partial charge in [-0.25, -0.2) is 5.84 Å². The van der Waals surface area contributed by atoms with Crippen LogP contribution in [0, 0.1) is 62.1 Å². The van der Waals surface area contributed by atoms with E-state index >= 15 is 0 Å². The molecule has 0 spiro atoms. The first-order chi connectivity index (χ1) is 16.7. The van der Waals surface area contributed by atoms with Crippen molar-refractivity contribution in [2.75, 3.05) is 0 Å². The molecule has 6 heteroatoms. The fourth-order valence-electron chi connectivity index (χ4n) is 9.91. The molecule has 3 N–H and O–H groups in total. The number of ketones is 2. The van der Waals surface area contributed by atoms with Crippen molar-refractivity contribution >= 4 is 17.5 Å². The van der Waals surface area contributed by atoms with E-state index in [-0.39, 0.29) is 63.0 Å². The Hall–Kier alpha value is -2.26. The zero-order valence-electron chi connectivity index (χ0n) is 22.7. The number of Topliss-reactive ketones (excluding diaryl/α,β-unsaturated/α-hetero) is 1. The summed E-state index contributed by atoms with van der Waals surface area (Å²) in [5.41, 5.74) is 2.07. The van der Waals surface area contributed by atoms with Crippen molar-refractivity contribution in [3.8, 4) is 6.07 Å². The number of rotatable bonds is 1. The number of allylic oxidation sites excluding steroid dienone is 4. The van der Waals surface area contributed by atoms with Crippen LogP contribution >= 0.6 is 0 Å². The van der Waals surface area contributed by atoms with Crippen molar-refractivity contribution in [3.63, 3.8) is 0 Å². The molecule has 194 valence electrons. The zero-order valence-corrected chi connectivity index (χ0v) is 22.7. The molecule has 3 saturated carbocycles. The number of hydrazine groups is 1. The van der Waals surface area contributed by atoms with E-state index in [0.29, 0.717) is 6.42 Å². The molecule has 0 aromatic rings. The number of amides is 1. The Labute approximate surface area is 215 Å². The highest BCUT2D eigenvalue weighted by Crippen LogP contribution is 2.74. The van der Waals surface area contributed by atoms with Crippen LogP contribution in [0.3, 0.4) is 0 Å². The van der Waals surface area contributed by atoms with E-state index in [1.807, 2.05) is 26.0 Å². The van der Waals surface area contributed by atoms with Gasteiger partial charge in [0.2, 0.25) is 5.91 Å². The molecule has 0 bridgehead atoms. The lowest BCUT2D eigenvalue weighted by Crippen LogP contribution is -2.64. The highest BCUT2D eigenvalue weighted by atomic mass is 16.2. The molecule has 0 saturated heterocycles. The molecule has 1 unspecified atom stereocenters. The lowest BCUT2D eigenvalue weighted by Gasteiger charge is -2.68. The normalized spacial score (nSPS) is 47.2. The van der Waals surface area contributed by atoms with Gasteiger partial charge in [0.15, 0.2) is 11.6 Å². The van der Waals surface area contributed by atoms with Crippen molar-refractivity contribution in [2.24, 2.45) is 56.6 Å². The first kappa shape index (κ1) is 25.4. The fourth-order valence-corrected chi connectivity index (χ4v) is 9.91. The maximum absolute atomic E-state index is 14.2. The number of carbonyl (C=O) groups is 3. The Bertz CT molecular complexity index is 1160. The fraction of sp³-hybridized carbons (Fsp3) is 0.733. The van der Waals surface area contributed by atoms with Crippen LogP contribution in [0.4, 0.5) is 0 Å². The first-order valence-electron chi connectivity index (χ1n) is 13.6. The van der Waals surface area contributed by atoms with Gasteiger partial charge in [0.05, 0.1) is 5.57 Å². The first-order valence-corrected chi connectivity index (χ1v) is 13.6. The topological polar surface area (TPSA) is 113 Å². The van der Waals surface area contributed by atoms with Gasteiger partial charge < -0.3 is 0 Å². The molecular weight excluding hydrogens is 450 g/mol. The number of carbonyl (C=O) groups excluding carboxylic acids is 3. The van der Waals surface area contributed by atoms with Gasteiger partial charge in [0, 0.05) is 22.7 Å². The minimum atomic E-state index is -0.658. The lowest BCUT2D eigenvalue weighted by atomic mass is 9.34. The van der Waals surface area contributed by atoms with Crippen LogP contribution in [0.5, 0.6) is 0 Å². The number of hydrogen-bond donors (Lipinski definition) is 2. The van der Waals surface area contributed by atoms with Gasteiger partial charge >= 0.3 is 0 Å². The van der Waals surface area contributed by atoms with E-state index in [9.17, 15) is 19.6 Å². The van der Waals surface area contributed by atoms with E-state index in [1.165, 1.54) is 0 Å². The van der Waals surface area contributed by atoms with Crippen molar-refractivity contribution < 1.29 is 14.4 Å². The van der Waals surface area contributed by atoms with E-state index in [2.05, 4.69) is 39.2 Å². The van der Waals surface area contributed by atoms with E-state index in [1.54, 1.807) is 0 Å². The number of hydrogen-bond acceptors (Lipinski definition) is 5. The minimum absolute atomic E-state index is 0.0428. The Morgan fingerprint density at radius 2 is 1.75 bits per heavy atom. The van der Waals surface area contributed by atoms with Gasteiger partial charge in [-0.05, 0) is 79.1 Å². The average Bonchev–Trinajstić information content (AvgIpc) is 2.82. The summed E-state index contributed by atoms with van der Waals surface area (Å²) in [6.07, 6.45) is 10.1. The minimum Gasteiger partial charge on any atom is -0.295 e. The van der Waals surface area contributed by atoms with Crippen molar-refractivity contribution in [1.29, 1.82) is 5.26 Å². The summed E-state index contributed by atoms with van der Waals surface area (Å²) in [5, 5.41) is 9.83. The van der Waals surface area contributed by atoms with E-state index in [4.69, 9.17) is 5.84 Å². The molecule has 0 aromatic carbocycles. The molecule has 1 amide bonds. The van der Waals surface area contributed by atoms with Gasteiger partial charge in [0.25, 0.3) is 0 Å². The van der Waals surface area contributed by atoms with Gasteiger partial charge in [-0.2, -0.15) is 5.26 Å². The van der Waals surface area contributed by atoms with E-state index in [0.717, 1.165) is 44.1 Å². The molecule has 0 radical (unpaired) electrons. The Morgan fingerprint density at radius 1 is 1.06 bits per heavy atom. The van der Waals surface area contributed by atoms with E-state index < -0.39 is 10.8 Å². The third kappa shape index (κ3) is 2.96. The molecule has 8 atom stereocenters. The molecule has 0 aliphatic heterocycles. The zero-order chi connectivity index (χ0) is 26.5. The number of nitrogens with one attached hydrogen (secondary N) is 1. The molecule has 6 nitrogen and oxygen atoms in total. The average molecular weight is 492 g/mol. The van der Waals surface area contributed by atoms with Crippen LogP contribution < -0.4 is 11.3 Å². The SMILES string of the molecule is CC1(C)C(=O)C(C#N)=C[C@]2(C)C3=CC(=O)C4[C@@H]5C[C@@H](C(=O)NN)CC[C@]5(C)CC[C@@]4(C)[C@]3(C)CC[C@@H]12. The monoisotopic (exact) mass is 491 g/mol. The highest BCUT2D eigenvalue weighted by Gasteiger charge is 2.69. The van der Waals surface area contributed by atoms with Crippen molar-refractivity contribution in [3.05, 3.63) is 23.3 Å². The molecule has 36 heavy (non-hydrogen) atoms. The summed E-state index contributed by atoms with van der Waals surface area (Å²) in [4.78, 5) is 39.9. The Balaban J connectivity index is 1.65. The summed E-state index contributed by atoms with van der Waals surface area (Å²) in [6, 6.07) is 2.17. The van der Waals surface area contributed by atoms with Gasteiger partial charge in [-0.3, -0.25) is 19.8 Å². The van der Waals surface area contributed by atoms with Crippen LogP contribution in [0.25, 0.3) is 0 Å². The van der Waals surface area contributed by atoms with Gasteiger partial charge in [-0.15, -0.1) is 0 Å². The lowest BCUT2D eigenvalue weighted by molar-refractivity contribution is -0.166. The summed E-state index contributed by atoms with van der Waals surface area (Å²) >= 11 is 0. The maximum Gasteiger partial charge on any atom is 0.236 e. The van der Waals surface area contributed by atoms with Crippen LogP contribution in [0.15, 0.2) is 23.3 Å². The van der Waals surface area contributed by atoms with Crippen molar-refractivity contribution in [2.45, 2.75) is 86.5 Å². The number of nitrogens with zero attached hydrogens (tertiary/aromatic N) is 1. The van der Waals surface area contributed by atoms with Crippen molar-refractivity contribution in [1.82, 2.24) is 5.43 Å². The quantitative estimate of drug-likeness (QED) is 0.311. The second-order valence-electron chi connectivity index (χ2n) is 14.0. The van der Waals surface area contributed by atoms with Crippen LogP contribution in [0.2, 0.25) is 0 Å². The van der Waals surface area contributed by atoms with Gasteiger partial charge in [-0.1, -0.05) is 53.2 Å². The predicted octanol–water partition coefficient (Wildman–Crippen LogP) is 4.81. The van der Waals surface area contributed by atoms with Gasteiger partial charge in [0.1, 0.15) is 6.07 Å². The Kier molecular flexibility index (Phi) is 5.38. The summed E-state index contributed by atoms with van der Waals surface area (Å²) in [6.45, 7) is 13.1. The smallest absolute Gasteiger partial charge is 0.236 e. The summed E-state index contributed by atoms with van der Waals surface area (Å²) in [7, 11) is 0. The Morgan fingerprint density at radius 3 is 2.39 bits per heavy atom. The molecule has 0 heterocycles. The number of nitrogens with two attached hydrogens (primary N) is 1. The second kappa shape index (κ2) is 7.63.